The van der Waals surface area contributed by atoms with E-state index in [2.05, 4.69) is 4.98 Å². The molecule has 0 spiro atoms. The second kappa shape index (κ2) is 3.23. The van der Waals surface area contributed by atoms with E-state index in [1.165, 1.54) is 10.8 Å². The quantitative estimate of drug-likeness (QED) is 0.698. The minimum Gasteiger partial charge on any atom is -0.397 e. The highest BCUT2D eigenvalue weighted by atomic mass is 35.5. The Labute approximate surface area is 84.9 Å². The number of hydrogen-bond donors (Lipinski definition) is 2. The smallest absolute Gasteiger partial charge is 0.330 e. The van der Waals surface area contributed by atoms with Crippen molar-refractivity contribution >= 4 is 17.3 Å². The lowest BCUT2D eigenvalue weighted by atomic mass is 10.2. The summed E-state index contributed by atoms with van der Waals surface area (Å²) >= 11 is 5.94. The predicted octanol–water partition coefficient (Wildman–Crippen LogP) is 1.40. The number of benzene rings is 1. The van der Waals surface area contributed by atoms with Crippen LogP contribution in [0.25, 0.3) is 5.69 Å². The van der Waals surface area contributed by atoms with Gasteiger partial charge in [0.2, 0.25) is 0 Å². The number of H-pyrrole nitrogens is 1. The zero-order chi connectivity index (χ0) is 10.1. The van der Waals surface area contributed by atoms with Gasteiger partial charge in [0.15, 0.2) is 0 Å². The number of imidazole rings is 1. The zero-order valence-electron chi connectivity index (χ0n) is 7.20. The number of nitrogens with two attached hydrogens (primary N) is 1. The van der Waals surface area contributed by atoms with Gasteiger partial charge in [-0.25, -0.2) is 4.79 Å². The van der Waals surface area contributed by atoms with Crippen LogP contribution in [0.3, 0.4) is 0 Å². The highest BCUT2D eigenvalue weighted by molar-refractivity contribution is 6.32. The van der Waals surface area contributed by atoms with Crippen molar-refractivity contribution in [2.45, 2.75) is 0 Å². The molecule has 0 aliphatic rings. The Bertz CT molecular complexity index is 495. The average Bonchev–Trinajstić information content (AvgIpc) is 2.52. The molecule has 0 bridgehead atoms. The maximum Gasteiger partial charge on any atom is 0.330 e. The number of anilines is 1. The van der Waals surface area contributed by atoms with Crippen LogP contribution in [-0.4, -0.2) is 9.55 Å². The van der Waals surface area contributed by atoms with Crippen molar-refractivity contribution in [3.05, 3.63) is 46.1 Å². The van der Waals surface area contributed by atoms with E-state index in [0.29, 0.717) is 16.4 Å². The number of rotatable bonds is 1. The molecule has 14 heavy (non-hydrogen) atoms. The van der Waals surface area contributed by atoms with E-state index in [4.69, 9.17) is 17.3 Å². The number of hydrogen-bond acceptors (Lipinski definition) is 2. The SMILES string of the molecule is Nc1cccc(Cl)c1-n1cc[nH]c1=O. The highest BCUT2D eigenvalue weighted by Crippen LogP contribution is 2.24. The van der Waals surface area contributed by atoms with E-state index in [9.17, 15) is 4.79 Å². The van der Waals surface area contributed by atoms with Crippen LogP contribution in [0.15, 0.2) is 35.4 Å². The molecule has 0 aliphatic heterocycles. The molecule has 0 saturated carbocycles. The Morgan fingerprint density at radius 1 is 1.43 bits per heavy atom. The van der Waals surface area contributed by atoms with Gasteiger partial charge in [-0.05, 0) is 12.1 Å². The third-order valence-corrected chi connectivity index (χ3v) is 2.21. The minimum absolute atomic E-state index is 0.259. The Balaban J connectivity index is 2.74. The van der Waals surface area contributed by atoms with Crippen molar-refractivity contribution in [2.24, 2.45) is 0 Å². The number of nitrogens with zero attached hydrogens (tertiary/aromatic N) is 1. The summed E-state index contributed by atoms with van der Waals surface area (Å²) in [6.07, 6.45) is 3.12. The van der Waals surface area contributed by atoms with Crippen LogP contribution < -0.4 is 11.4 Å². The van der Waals surface area contributed by atoms with E-state index < -0.39 is 0 Å². The second-order valence-corrected chi connectivity index (χ2v) is 3.22. The fraction of sp³-hybridized carbons (Fsp3) is 0. The molecular formula is C9H8ClN3O. The van der Waals surface area contributed by atoms with Gasteiger partial charge >= 0.3 is 5.69 Å². The van der Waals surface area contributed by atoms with Crippen LogP contribution in [0.4, 0.5) is 5.69 Å². The molecule has 0 atom stereocenters. The molecule has 0 amide bonds. The monoisotopic (exact) mass is 209 g/mol. The van der Waals surface area contributed by atoms with Gasteiger partial charge in [-0.2, -0.15) is 0 Å². The number of para-hydroxylation sites is 1. The average molecular weight is 210 g/mol. The van der Waals surface area contributed by atoms with Gasteiger partial charge in [-0.1, -0.05) is 17.7 Å². The number of halogens is 1. The summed E-state index contributed by atoms with van der Waals surface area (Å²) in [4.78, 5) is 13.8. The lowest BCUT2D eigenvalue weighted by Gasteiger charge is -2.06. The Morgan fingerprint density at radius 3 is 2.79 bits per heavy atom. The summed E-state index contributed by atoms with van der Waals surface area (Å²) in [6.45, 7) is 0. The summed E-state index contributed by atoms with van der Waals surface area (Å²) in [7, 11) is 0. The minimum atomic E-state index is -0.259. The molecule has 2 aromatic rings. The van der Waals surface area contributed by atoms with Gasteiger partial charge in [0.05, 0.1) is 16.4 Å². The summed E-state index contributed by atoms with van der Waals surface area (Å²) in [5.74, 6) is 0. The molecule has 5 heteroatoms. The van der Waals surface area contributed by atoms with Gasteiger partial charge in [0.25, 0.3) is 0 Å². The molecule has 0 fully saturated rings. The molecule has 4 nitrogen and oxygen atoms in total. The molecule has 0 radical (unpaired) electrons. The first kappa shape index (κ1) is 8.90. The first-order chi connectivity index (χ1) is 6.70. The third kappa shape index (κ3) is 1.29. The molecule has 0 saturated heterocycles. The Morgan fingerprint density at radius 2 is 2.21 bits per heavy atom. The van der Waals surface area contributed by atoms with Crippen LogP contribution >= 0.6 is 11.6 Å². The molecule has 1 heterocycles. The summed E-state index contributed by atoms with van der Waals surface area (Å²) < 4.78 is 1.37. The lowest BCUT2D eigenvalue weighted by molar-refractivity contribution is 0.990. The number of aromatic amines is 1. The van der Waals surface area contributed by atoms with Crippen molar-refractivity contribution in [1.29, 1.82) is 0 Å². The van der Waals surface area contributed by atoms with Gasteiger partial charge in [0, 0.05) is 12.4 Å². The molecular weight excluding hydrogens is 202 g/mol. The van der Waals surface area contributed by atoms with Crippen LogP contribution in [-0.2, 0) is 0 Å². The summed E-state index contributed by atoms with van der Waals surface area (Å²) in [6, 6.07) is 5.12. The standard InChI is InChI=1S/C9H8ClN3O/c10-6-2-1-3-7(11)8(6)13-5-4-12-9(13)14/h1-5H,11H2,(H,12,14). The maximum absolute atomic E-state index is 11.3. The largest absolute Gasteiger partial charge is 0.397 e. The fourth-order valence-corrected chi connectivity index (χ4v) is 1.56. The number of nitrogen functional groups attached to an aromatic ring is 1. The molecule has 0 aliphatic carbocycles. The first-order valence-electron chi connectivity index (χ1n) is 4.00. The van der Waals surface area contributed by atoms with Crippen LogP contribution in [0.5, 0.6) is 0 Å². The number of nitrogens with one attached hydrogen (secondary N) is 1. The van der Waals surface area contributed by atoms with E-state index in [-0.39, 0.29) is 5.69 Å². The third-order valence-electron chi connectivity index (χ3n) is 1.91. The molecule has 1 aromatic carbocycles. The van der Waals surface area contributed by atoms with E-state index in [0.717, 1.165) is 0 Å². The van der Waals surface area contributed by atoms with Crippen molar-refractivity contribution in [1.82, 2.24) is 9.55 Å². The molecule has 0 unspecified atom stereocenters. The van der Waals surface area contributed by atoms with Crippen LogP contribution in [0.1, 0.15) is 0 Å². The molecule has 1 aromatic heterocycles. The maximum atomic E-state index is 11.3. The highest BCUT2D eigenvalue weighted by Gasteiger charge is 2.08. The fourth-order valence-electron chi connectivity index (χ4n) is 1.28. The van der Waals surface area contributed by atoms with Crippen molar-refractivity contribution < 1.29 is 0 Å². The summed E-state index contributed by atoms with van der Waals surface area (Å²) in [5, 5.41) is 0.451. The van der Waals surface area contributed by atoms with Gasteiger partial charge in [0.1, 0.15) is 0 Å². The topological polar surface area (TPSA) is 63.8 Å². The van der Waals surface area contributed by atoms with Crippen molar-refractivity contribution in [3.8, 4) is 5.69 Å². The van der Waals surface area contributed by atoms with E-state index >= 15 is 0 Å². The summed E-state index contributed by atoms with van der Waals surface area (Å²) in [5.41, 5.74) is 6.45. The van der Waals surface area contributed by atoms with E-state index in [1.54, 1.807) is 24.4 Å². The van der Waals surface area contributed by atoms with Gasteiger partial charge < -0.3 is 10.7 Å². The van der Waals surface area contributed by atoms with Gasteiger partial charge in [-0.15, -0.1) is 0 Å². The number of aromatic nitrogens is 2. The predicted molar refractivity (Wildman–Crippen MR) is 55.8 cm³/mol. The van der Waals surface area contributed by atoms with Crippen LogP contribution in [0.2, 0.25) is 5.02 Å². The Hall–Kier alpha value is -1.68. The lowest BCUT2D eigenvalue weighted by Crippen LogP contribution is -2.15. The first-order valence-corrected chi connectivity index (χ1v) is 4.38. The molecule has 72 valence electrons. The normalized spacial score (nSPS) is 10.4. The van der Waals surface area contributed by atoms with Crippen molar-refractivity contribution in [3.63, 3.8) is 0 Å². The van der Waals surface area contributed by atoms with Gasteiger partial charge in [-0.3, -0.25) is 4.57 Å². The Kier molecular flexibility index (Phi) is 2.05. The molecule has 2 rings (SSSR count). The molecule has 3 N–H and O–H groups in total. The van der Waals surface area contributed by atoms with Crippen LogP contribution in [0, 0.1) is 0 Å². The van der Waals surface area contributed by atoms with Crippen molar-refractivity contribution in [2.75, 3.05) is 5.73 Å². The van der Waals surface area contributed by atoms with E-state index in [1.807, 2.05) is 0 Å². The second-order valence-electron chi connectivity index (χ2n) is 2.81. The zero-order valence-corrected chi connectivity index (χ0v) is 7.95.